The number of nitrogens with zero attached hydrogens (tertiary/aromatic N) is 4. The molecule has 0 amide bonds. The zero-order chi connectivity index (χ0) is 13.1. The summed E-state index contributed by atoms with van der Waals surface area (Å²) < 4.78 is 1.05. The van der Waals surface area contributed by atoms with E-state index in [0.717, 1.165) is 29.1 Å². The summed E-state index contributed by atoms with van der Waals surface area (Å²) in [6, 6.07) is 7.94. The van der Waals surface area contributed by atoms with Crippen LogP contribution in [0.3, 0.4) is 0 Å². The quantitative estimate of drug-likeness (QED) is 0.942. The average molecular weight is 320 g/mol. The van der Waals surface area contributed by atoms with Crippen LogP contribution in [-0.4, -0.2) is 28.3 Å². The number of anilines is 3. The predicted octanol–water partition coefficient (Wildman–Crippen LogP) is 2.98. The van der Waals surface area contributed by atoms with Crippen LogP contribution in [0, 0.1) is 0 Å². The lowest BCUT2D eigenvalue weighted by Gasteiger charge is -2.14. The first-order valence-electron chi connectivity index (χ1n) is 6.28. The van der Waals surface area contributed by atoms with Crippen LogP contribution in [0.1, 0.15) is 12.8 Å². The lowest BCUT2D eigenvalue weighted by Crippen LogP contribution is -2.21. The van der Waals surface area contributed by atoms with Crippen LogP contribution < -0.4 is 10.2 Å². The molecule has 6 heteroatoms. The molecule has 19 heavy (non-hydrogen) atoms. The summed E-state index contributed by atoms with van der Waals surface area (Å²) in [5.41, 5.74) is 0.982. The second-order valence-electron chi connectivity index (χ2n) is 4.47. The Morgan fingerprint density at radius 2 is 1.84 bits per heavy atom. The maximum absolute atomic E-state index is 4.50. The van der Waals surface area contributed by atoms with Crippen molar-refractivity contribution in [3.63, 3.8) is 0 Å². The highest BCUT2D eigenvalue weighted by Gasteiger charge is 2.15. The number of benzene rings is 1. The van der Waals surface area contributed by atoms with Gasteiger partial charge in [-0.1, -0.05) is 15.9 Å². The fourth-order valence-corrected chi connectivity index (χ4v) is 2.35. The number of aromatic nitrogens is 3. The van der Waals surface area contributed by atoms with Crippen LogP contribution in [0.2, 0.25) is 0 Å². The zero-order valence-corrected chi connectivity index (χ0v) is 12.0. The van der Waals surface area contributed by atoms with E-state index in [2.05, 4.69) is 41.3 Å². The van der Waals surface area contributed by atoms with Crippen molar-refractivity contribution in [2.75, 3.05) is 23.3 Å². The fraction of sp³-hybridized carbons (Fsp3) is 0.308. The van der Waals surface area contributed by atoms with Gasteiger partial charge in [0.15, 0.2) is 5.82 Å². The summed E-state index contributed by atoms with van der Waals surface area (Å²) in [7, 11) is 0. The van der Waals surface area contributed by atoms with Gasteiger partial charge in [-0.05, 0) is 37.1 Å². The van der Waals surface area contributed by atoms with Crippen molar-refractivity contribution in [1.82, 2.24) is 15.2 Å². The Morgan fingerprint density at radius 3 is 2.58 bits per heavy atom. The standard InChI is InChI=1S/C13H14BrN5/c14-10-3-5-11(6-4-10)16-12-9-15-18-13(17-12)19-7-1-2-8-19/h3-6,9H,1-2,7-8H2,(H,16,17,18). The molecule has 0 saturated carbocycles. The van der Waals surface area contributed by atoms with E-state index in [0.29, 0.717) is 5.95 Å². The molecule has 5 nitrogen and oxygen atoms in total. The molecule has 1 aliphatic rings. The normalized spacial score (nSPS) is 14.7. The van der Waals surface area contributed by atoms with Crippen LogP contribution in [0.5, 0.6) is 0 Å². The Labute approximate surface area is 120 Å². The van der Waals surface area contributed by atoms with E-state index in [9.17, 15) is 0 Å². The number of hydrogen-bond acceptors (Lipinski definition) is 5. The third kappa shape index (κ3) is 3.01. The molecule has 0 spiro atoms. The molecule has 1 aromatic carbocycles. The van der Waals surface area contributed by atoms with Crippen LogP contribution in [0.4, 0.5) is 17.5 Å². The first-order valence-corrected chi connectivity index (χ1v) is 7.08. The van der Waals surface area contributed by atoms with Crippen molar-refractivity contribution in [3.8, 4) is 0 Å². The highest BCUT2D eigenvalue weighted by molar-refractivity contribution is 9.10. The van der Waals surface area contributed by atoms with Crippen molar-refractivity contribution in [1.29, 1.82) is 0 Å². The van der Waals surface area contributed by atoms with Gasteiger partial charge in [0.25, 0.3) is 0 Å². The van der Waals surface area contributed by atoms with Gasteiger partial charge in [0, 0.05) is 23.2 Å². The number of nitrogens with one attached hydrogen (secondary N) is 1. The van der Waals surface area contributed by atoms with Crippen molar-refractivity contribution in [3.05, 3.63) is 34.9 Å². The Hall–Kier alpha value is -1.69. The van der Waals surface area contributed by atoms with Gasteiger partial charge in [0.2, 0.25) is 5.95 Å². The Balaban J connectivity index is 1.77. The molecule has 98 valence electrons. The molecule has 2 heterocycles. The molecule has 0 aliphatic carbocycles. The summed E-state index contributed by atoms with van der Waals surface area (Å²) in [6.07, 6.45) is 4.04. The lowest BCUT2D eigenvalue weighted by molar-refractivity contribution is 0.852. The molecule has 3 rings (SSSR count). The lowest BCUT2D eigenvalue weighted by atomic mass is 10.3. The molecule has 0 bridgehead atoms. The van der Waals surface area contributed by atoms with Crippen molar-refractivity contribution < 1.29 is 0 Å². The second-order valence-corrected chi connectivity index (χ2v) is 5.38. The third-order valence-corrected chi connectivity index (χ3v) is 3.58. The van der Waals surface area contributed by atoms with E-state index in [1.54, 1.807) is 6.20 Å². The smallest absolute Gasteiger partial charge is 0.247 e. The van der Waals surface area contributed by atoms with Crippen LogP contribution in [0.25, 0.3) is 0 Å². The Bertz CT molecular complexity index is 551. The van der Waals surface area contributed by atoms with Crippen molar-refractivity contribution >= 4 is 33.4 Å². The SMILES string of the molecule is Brc1ccc(Nc2cnnc(N3CCCC3)n2)cc1. The average Bonchev–Trinajstić information content (AvgIpc) is 2.96. The Kier molecular flexibility index (Phi) is 3.59. The fourth-order valence-electron chi connectivity index (χ4n) is 2.09. The van der Waals surface area contributed by atoms with Gasteiger partial charge in [0.05, 0.1) is 6.20 Å². The van der Waals surface area contributed by atoms with E-state index in [-0.39, 0.29) is 0 Å². The van der Waals surface area contributed by atoms with Crippen molar-refractivity contribution in [2.24, 2.45) is 0 Å². The molecular formula is C13H14BrN5. The van der Waals surface area contributed by atoms with E-state index in [1.165, 1.54) is 12.8 Å². The summed E-state index contributed by atoms with van der Waals surface area (Å²) in [5.74, 6) is 1.43. The molecule has 1 N–H and O–H groups in total. The minimum absolute atomic E-state index is 0.708. The van der Waals surface area contributed by atoms with Crippen LogP contribution in [-0.2, 0) is 0 Å². The van der Waals surface area contributed by atoms with Gasteiger partial charge in [0.1, 0.15) is 0 Å². The van der Waals surface area contributed by atoms with E-state index < -0.39 is 0 Å². The molecular weight excluding hydrogens is 306 g/mol. The molecule has 1 saturated heterocycles. The molecule has 0 unspecified atom stereocenters. The maximum Gasteiger partial charge on any atom is 0.247 e. The molecule has 0 radical (unpaired) electrons. The summed E-state index contributed by atoms with van der Waals surface area (Å²) in [4.78, 5) is 6.67. The van der Waals surface area contributed by atoms with E-state index in [4.69, 9.17) is 0 Å². The monoisotopic (exact) mass is 319 g/mol. The minimum Gasteiger partial charge on any atom is -0.339 e. The van der Waals surface area contributed by atoms with E-state index >= 15 is 0 Å². The molecule has 1 fully saturated rings. The van der Waals surface area contributed by atoms with Gasteiger partial charge >= 0.3 is 0 Å². The Morgan fingerprint density at radius 1 is 1.11 bits per heavy atom. The first kappa shape index (κ1) is 12.3. The summed E-state index contributed by atoms with van der Waals surface area (Å²) >= 11 is 3.41. The molecule has 1 aliphatic heterocycles. The highest BCUT2D eigenvalue weighted by atomic mass is 79.9. The van der Waals surface area contributed by atoms with Crippen LogP contribution >= 0.6 is 15.9 Å². The number of hydrogen-bond donors (Lipinski definition) is 1. The van der Waals surface area contributed by atoms with Gasteiger partial charge in [-0.15, -0.1) is 5.10 Å². The van der Waals surface area contributed by atoms with Gasteiger partial charge in [-0.25, -0.2) is 0 Å². The van der Waals surface area contributed by atoms with Gasteiger partial charge in [-0.2, -0.15) is 10.1 Å². The summed E-state index contributed by atoms with van der Waals surface area (Å²) in [5, 5.41) is 11.3. The van der Waals surface area contributed by atoms with Gasteiger partial charge in [-0.3, -0.25) is 0 Å². The largest absolute Gasteiger partial charge is 0.339 e. The van der Waals surface area contributed by atoms with Crippen molar-refractivity contribution in [2.45, 2.75) is 12.8 Å². The zero-order valence-electron chi connectivity index (χ0n) is 10.4. The third-order valence-electron chi connectivity index (χ3n) is 3.05. The number of rotatable bonds is 3. The first-order chi connectivity index (χ1) is 9.31. The highest BCUT2D eigenvalue weighted by Crippen LogP contribution is 2.20. The molecule has 2 aromatic rings. The predicted molar refractivity (Wildman–Crippen MR) is 78.7 cm³/mol. The topological polar surface area (TPSA) is 53.9 Å². The minimum atomic E-state index is 0.708. The molecule has 0 atom stereocenters. The second kappa shape index (κ2) is 5.52. The van der Waals surface area contributed by atoms with Gasteiger partial charge < -0.3 is 10.2 Å². The number of halogens is 1. The summed E-state index contributed by atoms with van der Waals surface area (Å²) in [6.45, 7) is 2.03. The maximum atomic E-state index is 4.50. The van der Waals surface area contributed by atoms with E-state index in [1.807, 2.05) is 24.3 Å². The molecule has 1 aromatic heterocycles. The van der Waals surface area contributed by atoms with Crippen LogP contribution in [0.15, 0.2) is 34.9 Å².